The molecule has 1 fully saturated rings. The Kier molecular flexibility index (Phi) is 9.92. The molecule has 0 spiro atoms. The van der Waals surface area contributed by atoms with Crippen LogP contribution in [0.5, 0.6) is 0 Å². The summed E-state index contributed by atoms with van der Waals surface area (Å²) in [5.74, 6) is 0.476. The molecule has 0 aromatic heterocycles. The monoisotopic (exact) mass is 546 g/mol. The third-order valence-electron chi connectivity index (χ3n) is 4.49. The summed E-state index contributed by atoms with van der Waals surface area (Å²) in [5.41, 5.74) is 0.444. The van der Waals surface area contributed by atoms with Crippen LogP contribution in [0.1, 0.15) is 32.8 Å². The maximum Gasteiger partial charge on any atom is 0.214 e. The fourth-order valence-electron chi connectivity index (χ4n) is 2.98. The van der Waals surface area contributed by atoms with Gasteiger partial charge >= 0.3 is 0 Å². The van der Waals surface area contributed by atoms with Crippen molar-refractivity contribution in [1.29, 1.82) is 0 Å². The van der Waals surface area contributed by atoms with Crippen LogP contribution in [0.2, 0.25) is 5.02 Å². The van der Waals surface area contributed by atoms with Crippen LogP contribution in [0.3, 0.4) is 0 Å². The number of sulfonamides is 1. The number of rotatable bonds is 7. The lowest BCUT2D eigenvalue weighted by atomic mass is 9.84. The number of hydrogen-bond donors (Lipinski definition) is 2. The summed E-state index contributed by atoms with van der Waals surface area (Å²) in [5, 5.41) is 6.71. The van der Waals surface area contributed by atoms with Crippen molar-refractivity contribution in [3.05, 3.63) is 34.6 Å². The van der Waals surface area contributed by atoms with Crippen molar-refractivity contribution in [1.82, 2.24) is 14.9 Å². The highest BCUT2D eigenvalue weighted by Gasteiger charge is 2.27. The van der Waals surface area contributed by atoms with E-state index in [1.165, 1.54) is 16.4 Å². The molecule has 1 saturated heterocycles. The van der Waals surface area contributed by atoms with Gasteiger partial charge in [-0.25, -0.2) is 17.1 Å². The topological polar surface area (TPSA) is 73.8 Å². The number of nitrogens with zero attached hydrogens (tertiary/aromatic N) is 2. The quantitative estimate of drug-likeness (QED) is 0.313. The lowest BCUT2D eigenvalue weighted by molar-refractivity contribution is 0.444. The van der Waals surface area contributed by atoms with E-state index < -0.39 is 10.0 Å². The molecular weight excluding hydrogens is 518 g/mol. The van der Waals surface area contributed by atoms with Crippen molar-refractivity contribution < 1.29 is 12.8 Å². The molecule has 160 valence electrons. The molecule has 0 amide bonds. The molecule has 0 aliphatic carbocycles. The molecule has 0 saturated carbocycles. The van der Waals surface area contributed by atoms with Gasteiger partial charge in [0.2, 0.25) is 10.0 Å². The Morgan fingerprint density at radius 3 is 2.64 bits per heavy atom. The molecule has 1 aliphatic heterocycles. The van der Waals surface area contributed by atoms with Crippen molar-refractivity contribution in [2.24, 2.45) is 4.99 Å². The van der Waals surface area contributed by atoms with E-state index >= 15 is 0 Å². The Bertz CT molecular complexity index is 790. The summed E-state index contributed by atoms with van der Waals surface area (Å²) in [6.07, 6.45) is 0.684. The Hall–Kier alpha value is -0.650. The fraction of sp³-hybridized carbons (Fsp3) is 0.611. The third kappa shape index (κ3) is 7.00. The van der Waals surface area contributed by atoms with Gasteiger partial charge in [0.1, 0.15) is 5.82 Å². The van der Waals surface area contributed by atoms with E-state index in [0.29, 0.717) is 50.1 Å². The van der Waals surface area contributed by atoms with Crippen LogP contribution >= 0.6 is 35.6 Å². The van der Waals surface area contributed by atoms with Gasteiger partial charge in [0.25, 0.3) is 0 Å². The molecular formula is C18H29ClFIN4O2S. The van der Waals surface area contributed by atoms with Crippen LogP contribution in [0.25, 0.3) is 0 Å². The third-order valence-corrected chi connectivity index (χ3v) is 6.76. The first kappa shape index (κ1) is 25.4. The summed E-state index contributed by atoms with van der Waals surface area (Å²) in [7, 11) is -3.09. The van der Waals surface area contributed by atoms with E-state index in [2.05, 4.69) is 15.6 Å². The van der Waals surface area contributed by atoms with Crippen molar-refractivity contribution >= 4 is 51.6 Å². The molecule has 2 N–H and O–H groups in total. The second-order valence-electron chi connectivity index (χ2n) is 7.20. The first-order valence-electron chi connectivity index (χ1n) is 9.11. The molecule has 6 nitrogen and oxygen atoms in total. The van der Waals surface area contributed by atoms with Crippen LogP contribution in [-0.2, 0) is 15.4 Å². The molecule has 1 aromatic carbocycles. The zero-order valence-electron chi connectivity index (χ0n) is 16.5. The largest absolute Gasteiger partial charge is 0.357 e. The van der Waals surface area contributed by atoms with E-state index in [9.17, 15) is 12.8 Å². The first-order chi connectivity index (χ1) is 12.7. The molecule has 28 heavy (non-hydrogen) atoms. The standard InChI is InChI=1S/C18H28ClFN4O2S.HI/c1-4-21-17(22-8-10-24-9-5-11-27(24,25)26)23-13-18(2,3)15-7-6-14(20)12-16(15)19;/h6-7,12H,4-5,8-11,13H2,1-3H3,(H2,21,22,23);1H. The van der Waals surface area contributed by atoms with Gasteiger partial charge < -0.3 is 10.6 Å². The van der Waals surface area contributed by atoms with Crippen molar-refractivity contribution in [2.75, 3.05) is 38.5 Å². The Morgan fingerprint density at radius 2 is 2.07 bits per heavy atom. The average Bonchev–Trinajstić information content (AvgIpc) is 2.91. The number of halogens is 3. The number of hydrogen-bond acceptors (Lipinski definition) is 3. The highest BCUT2D eigenvalue weighted by atomic mass is 127. The molecule has 1 aliphatic rings. The second kappa shape index (κ2) is 10.9. The van der Waals surface area contributed by atoms with E-state index in [0.717, 1.165) is 5.56 Å². The van der Waals surface area contributed by atoms with Gasteiger partial charge in [0, 0.05) is 36.6 Å². The van der Waals surface area contributed by atoms with Gasteiger partial charge in [0.15, 0.2) is 5.96 Å². The molecule has 1 aromatic rings. The zero-order valence-corrected chi connectivity index (χ0v) is 20.4. The highest BCUT2D eigenvalue weighted by molar-refractivity contribution is 14.0. The molecule has 2 rings (SSSR count). The Morgan fingerprint density at radius 1 is 1.36 bits per heavy atom. The van der Waals surface area contributed by atoms with E-state index in [1.807, 2.05) is 20.8 Å². The maximum atomic E-state index is 13.3. The molecule has 1 heterocycles. The maximum absolute atomic E-state index is 13.3. The predicted molar refractivity (Wildman–Crippen MR) is 124 cm³/mol. The number of aliphatic imine (C=N–C) groups is 1. The molecule has 0 radical (unpaired) electrons. The molecule has 10 heteroatoms. The van der Waals surface area contributed by atoms with E-state index in [4.69, 9.17) is 11.6 Å². The van der Waals surface area contributed by atoms with Gasteiger partial charge in [-0.05, 0) is 31.0 Å². The summed E-state index contributed by atoms with van der Waals surface area (Å²) >= 11 is 6.19. The summed E-state index contributed by atoms with van der Waals surface area (Å²) in [4.78, 5) is 4.60. The summed E-state index contributed by atoms with van der Waals surface area (Å²) in [6.45, 7) is 8.55. The number of guanidine groups is 1. The average molecular weight is 547 g/mol. The molecule has 0 atom stereocenters. The van der Waals surface area contributed by atoms with Crippen molar-refractivity contribution in [2.45, 2.75) is 32.6 Å². The minimum atomic E-state index is -3.09. The Balaban J connectivity index is 0.00000392. The minimum absolute atomic E-state index is 0. The smallest absolute Gasteiger partial charge is 0.214 e. The van der Waals surface area contributed by atoms with Gasteiger partial charge in [0.05, 0.1) is 12.3 Å². The van der Waals surface area contributed by atoms with Crippen LogP contribution in [0.4, 0.5) is 4.39 Å². The number of nitrogens with one attached hydrogen (secondary N) is 2. The second-order valence-corrected chi connectivity index (χ2v) is 9.69. The molecule has 0 unspecified atom stereocenters. The highest BCUT2D eigenvalue weighted by Crippen LogP contribution is 2.30. The first-order valence-corrected chi connectivity index (χ1v) is 11.1. The number of benzene rings is 1. The summed E-state index contributed by atoms with van der Waals surface area (Å²) in [6, 6.07) is 4.39. The fourth-order valence-corrected chi connectivity index (χ4v) is 4.94. The lowest BCUT2D eigenvalue weighted by Gasteiger charge is -2.25. The van der Waals surface area contributed by atoms with E-state index in [1.54, 1.807) is 6.07 Å². The van der Waals surface area contributed by atoms with Gasteiger partial charge in [-0.1, -0.05) is 31.5 Å². The van der Waals surface area contributed by atoms with Gasteiger partial charge in [-0.15, -0.1) is 24.0 Å². The van der Waals surface area contributed by atoms with Crippen LogP contribution in [-0.4, -0.2) is 57.2 Å². The van der Waals surface area contributed by atoms with Crippen LogP contribution in [0, 0.1) is 5.82 Å². The zero-order chi connectivity index (χ0) is 20.1. The van der Waals surface area contributed by atoms with Crippen LogP contribution < -0.4 is 10.6 Å². The Labute approximate surface area is 189 Å². The lowest BCUT2D eigenvalue weighted by Crippen LogP contribution is -2.42. The van der Waals surface area contributed by atoms with Gasteiger partial charge in [-0.2, -0.15) is 0 Å². The minimum Gasteiger partial charge on any atom is -0.357 e. The van der Waals surface area contributed by atoms with Crippen molar-refractivity contribution in [3.63, 3.8) is 0 Å². The van der Waals surface area contributed by atoms with Gasteiger partial charge in [-0.3, -0.25) is 4.99 Å². The van der Waals surface area contributed by atoms with Crippen LogP contribution in [0.15, 0.2) is 23.2 Å². The summed E-state index contributed by atoms with van der Waals surface area (Å²) < 4.78 is 38.5. The van der Waals surface area contributed by atoms with Crippen molar-refractivity contribution in [3.8, 4) is 0 Å². The molecule has 0 bridgehead atoms. The predicted octanol–water partition coefficient (Wildman–Crippen LogP) is 2.97. The normalized spacial score (nSPS) is 17.2. The van der Waals surface area contributed by atoms with E-state index in [-0.39, 0.29) is 41.0 Å². The SMILES string of the molecule is CCNC(=NCC(C)(C)c1ccc(F)cc1Cl)NCCN1CCCS1(=O)=O.I.